The fraction of sp³-hybridized carbons (Fsp3) is 0.529. The van der Waals surface area contributed by atoms with Gasteiger partial charge in [0.15, 0.2) is 0 Å². The van der Waals surface area contributed by atoms with Gasteiger partial charge in [-0.25, -0.2) is 4.79 Å². The van der Waals surface area contributed by atoms with Crippen LogP contribution in [-0.2, 0) is 6.54 Å². The highest BCUT2D eigenvalue weighted by Gasteiger charge is 2.13. The molecule has 3 amide bonds. The Morgan fingerprint density at radius 1 is 1.09 bits per heavy atom. The summed E-state index contributed by atoms with van der Waals surface area (Å²) in [4.78, 5) is 23.1. The molecule has 0 bridgehead atoms. The van der Waals surface area contributed by atoms with E-state index >= 15 is 0 Å². The van der Waals surface area contributed by atoms with Gasteiger partial charge in [-0.2, -0.15) is 0 Å². The Kier molecular flexibility index (Phi) is 6.25. The summed E-state index contributed by atoms with van der Waals surface area (Å²) < 4.78 is 0. The van der Waals surface area contributed by atoms with Crippen molar-refractivity contribution in [2.45, 2.75) is 57.5 Å². The Balaban J connectivity index is 1.79. The maximum absolute atomic E-state index is 12.0. The lowest BCUT2D eigenvalue weighted by atomic mass is 9.97. The van der Waals surface area contributed by atoms with Gasteiger partial charge in [-0.3, -0.25) is 4.79 Å². The largest absolute Gasteiger partial charge is 0.366 e. The van der Waals surface area contributed by atoms with Crippen molar-refractivity contribution in [2.24, 2.45) is 5.73 Å². The van der Waals surface area contributed by atoms with E-state index in [2.05, 4.69) is 10.6 Å². The third kappa shape index (κ3) is 5.39. The van der Waals surface area contributed by atoms with Crippen molar-refractivity contribution in [1.82, 2.24) is 10.6 Å². The highest BCUT2D eigenvalue weighted by Crippen LogP contribution is 2.17. The Bertz CT molecular complexity index is 508. The monoisotopic (exact) mass is 303 g/mol. The van der Waals surface area contributed by atoms with Crippen molar-refractivity contribution in [3.8, 4) is 0 Å². The molecule has 120 valence electrons. The third-order valence-corrected chi connectivity index (χ3v) is 4.10. The fourth-order valence-corrected chi connectivity index (χ4v) is 2.85. The first-order valence-corrected chi connectivity index (χ1v) is 8.08. The number of hydrogen-bond donors (Lipinski definition) is 3. The molecule has 0 aliphatic heterocycles. The standard InChI is InChI=1S/C17H25N3O2/c18-16(21)14-8-6-7-13(11-14)12-19-17(22)20-15-9-4-2-1-3-5-10-15/h6-8,11,15H,1-5,9-10,12H2,(H2,18,21)(H2,19,20,22). The van der Waals surface area contributed by atoms with Gasteiger partial charge in [0.1, 0.15) is 0 Å². The van der Waals surface area contributed by atoms with Crippen molar-refractivity contribution in [1.29, 1.82) is 0 Å². The molecule has 0 aromatic heterocycles. The van der Waals surface area contributed by atoms with Gasteiger partial charge in [0.2, 0.25) is 5.91 Å². The van der Waals surface area contributed by atoms with E-state index in [0.29, 0.717) is 12.1 Å². The van der Waals surface area contributed by atoms with Crippen LogP contribution in [0.3, 0.4) is 0 Å². The van der Waals surface area contributed by atoms with Gasteiger partial charge < -0.3 is 16.4 Å². The topological polar surface area (TPSA) is 84.2 Å². The van der Waals surface area contributed by atoms with Gasteiger partial charge >= 0.3 is 6.03 Å². The lowest BCUT2D eigenvalue weighted by molar-refractivity contribution is 0.1000. The predicted molar refractivity (Wildman–Crippen MR) is 86.4 cm³/mol. The van der Waals surface area contributed by atoms with Crippen molar-refractivity contribution >= 4 is 11.9 Å². The van der Waals surface area contributed by atoms with E-state index in [0.717, 1.165) is 18.4 Å². The molecule has 0 heterocycles. The van der Waals surface area contributed by atoms with Crippen LogP contribution < -0.4 is 16.4 Å². The summed E-state index contributed by atoms with van der Waals surface area (Å²) in [7, 11) is 0. The van der Waals surface area contributed by atoms with E-state index in [1.165, 1.54) is 32.1 Å². The summed E-state index contributed by atoms with van der Waals surface area (Å²) in [5.74, 6) is -0.458. The van der Waals surface area contributed by atoms with E-state index in [-0.39, 0.29) is 12.1 Å². The Hall–Kier alpha value is -2.04. The molecular weight excluding hydrogens is 278 g/mol. The van der Waals surface area contributed by atoms with Crippen LogP contribution in [0.1, 0.15) is 60.9 Å². The number of amides is 3. The number of hydrogen-bond acceptors (Lipinski definition) is 2. The molecule has 1 aromatic rings. The minimum Gasteiger partial charge on any atom is -0.366 e. The van der Waals surface area contributed by atoms with E-state index in [1.54, 1.807) is 18.2 Å². The summed E-state index contributed by atoms with van der Waals surface area (Å²) >= 11 is 0. The average molecular weight is 303 g/mol. The molecule has 1 aliphatic rings. The molecule has 0 saturated heterocycles. The number of nitrogens with two attached hydrogens (primary N) is 1. The second kappa shape index (κ2) is 8.41. The summed E-state index contributed by atoms with van der Waals surface area (Å²) in [5, 5.41) is 5.90. The van der Waals surface area contributed by atoms with Gasteiger partial charge in [-0.05, 0) is 30.5 Å². The van der Waals surface area contributed by atoms with Crippen molar-refractivity contribution in [2.75, 3.05) is 0 Å². The van der Waals surface area contributed by atoms with E-state index in [9.17, 15) is 9.59 Å². The average Bonchev–Trinajstić information content (AvgIpc) is 2.48. The first-order valence-electron chi connectivity index (χ1n) is 8.08. The van der Waals surface area contributed by atoms with Gasteiger partial charge in [-0.1, -0.05) is 44.2 Å². The second-order valence-electron chi connectivity index (χ2n) is 5.93. The number of nitrogens with one attached hydrogen (secondary N) is 2. The van der Waals surface area contributed by atoms with Crippen LogP contribution >= 0.6 is 0 Å². The molecule has 1 aromatic carbocycles. The smallest absolute Gasteiger partial charge is 0.315 e. The predicted octanol–water partition coefficient (Wildman–Crippen LogP) is 2.70. The van der Waals surface area contributed by atoms with Crippen LogP contribution in [0.4, 0.5) is 4.79 Å². The van der Waals surface area contributed by atoms with E-state index < -0.39 is 5.91 Å². The molecule has 0 radical (unpaired) electrons. The zero-order valence-electron chi connectivity index (χ0n) is 12.9. The molecule has 22 heavy (non-hydrogen) atoms. The minimum absolute atomic E-state index is 0.143. The van der Waals surface area contributed by atoms with Crippen LogP contribution in [-0.4, -0.2) is 18.0 Å². The molecule has 0 spiro atoms. The Labute approximate surface area is 131 Å². The highest BCUT2D eigenvalue weighted by atomic mass is 16.2. The second-order valence-corrected chi connectivity index (χ2v) is 5.93. The van der Waals surface area contributed by atoms with Crippen LogP contribution in [0.15, 0.2) is 24.3 Å². The zero-order valence-corrected chi connectivity index (χ0v) is 12.9. The molecule has 5 nitrogen and oxygen atoms in total. The zero-order chi connectivity index (χ0) is 15.8. The number of benzene rings is 1. The molecule has 1 saturated carbocycles. The lowest BCUT2D eigenvalue weighted by Crippen LogP contribution is -2.42. The molecule has 1 fully saturated rings. The van der Waals surface area contributed by atoms with Gasteiger partial charge in [0.25, 0.3) is 0 Å². The molecule has 2 rings (SSSR count). The highest BCUT2D eigenvalue weighted by molar-refractivity contribution is 5.92. The van der Waals surface area contributed by atoms with Gasteiger partial charge in [-0.15, -0.1) is 0 Å². The van der Waals surface area contributed by atoms with Crippen LogP contribution in [0.2, 0.25) is 0 Å². The first-order chi connectivity index (χ1) is 10.6. The molecule has 5 heteroatoms. The van der Waals surface area contributed by atoms with Crippen molar-refractivity contribution in [3.63, 3.8) is 0 Å². The third-order valence-electron chi connectivity index (χ3n) is 4.10. The van der Waals surface area contributed by atoms with E-state index in [4.69, 9.17) is 5.73 Å². The van der Waals surface area contributed by atoms with Crippen LogP contribution in [0, 0.1) is 0 Å². The maximum atomic E-state index is 12.0. The summed E-state index contributed by atoms with van der Waals surface area (Å²) in [6.45, 7) is 0.389. The summed E-state index contributed by atoms with van der Waals surface area (Å²) in [6.07, 6.45) is 8.33. The van der Waals surface area contributed by atoms with Gasteiger partial charge in [0.05, 0.1) is 0 Å². The Morgan fingerprint density at radius 3 is 2.45 bits per heavy atom. The lowest BCUT2D eigenvalue weighted by Gasteiger charge is -2.21. The first kappa shape index (κ1) is 16.3. The molecule has 4 N–H and O–H groups in total. The van der Waals surface area contributed by atoms with E-state index in [1.807, 2.05) is 6.07 Å². The normalized spacial score (nSPS) is 16.4. The number of carbonyl (C=O) groups is 2. The quantitative estimate of drug-likeness (QED) is 0.799. The number of urea groups is 1. The molecule has 0 atom stereocenters. The van der Waals surface area contributed by atoms with Crippen molar-refractivity contribution < 1.29 is 9.59 Å². The van der Waals surface area contributed by atoms with Gasteiger partial charge in [0, 0.05) is 18.2 Å². The summed E-state index contributed by atoms with van der Waals surface area (Å²) in [6, 6.07) is 7.14. The maximum Gasteiger partial charge on any atom is 0.315 e. The van der Waals surface area contributed by atoms with Crippen LogP contribution in [0.25, 0.3) is 0 Å². The van der Waals surface area contributed by atoms with Crippen molar-refractivity contribution in [3.05, 3.63) is 35.4 Å². The van der Waals surface area contributed by atoms with Crippen LogP contribution in [0.5, 0.6) is 0 Å². The number of rotatable bonds is 4. The fourth-order valence-electron chi connectivity index (χ4n) is 2.85. The molecular formula is C17H25N3O2. The molecule has 1 aliphatic carbocycles. The SMILES string of the molecule is NC(=O)c1cccc(CNC(=O)NC2CCCCCCC2)c1. The molecule has 0 unspecified atom stereocenters. The number of primary amides is 1. The summed E-state index contributed by atoms with van der Waals surface area (Å²) in [5.41, 5.74) is 6.57. The number of carbonyl (C=O) groups excluding carboxylic acids is 2. The Morgan fingerprint density at radius 2 is 1.77 bits per heavy atom. The minimum atomic E-state index is -0.458.